The van der Waals surface area contributed by atoms with Crippen LogP contribution >= 0.6 is 0 Å². The van der Waals surface area contributed by atoms with Gasteiger partial charge >= 0.3 is 6.16 Å². The van der Waals surface area contributed by atoms with Gasteiger partial charge in [0, 0.05) is 11.1 Å². The molecule has 84 valence electrons. The standard InChI is InChI=1S/C8H11NO2.CH2O3/c1-3-5-6(4-2)8(11)9-7(5)10;2-1(3)4/h3-4H2,1-2H3,(H,9,10,11);(H2,2,3,4). The summed E-state index contributed by atoms with van der Waals surface area (Å²) < 4.78 is 0. The molecule has 1 rings (SSSR count). The lowest BCUT2D eigenvalue weighted by molar-refractivity contribution is -0.124. The van der Waals surface area contributed by atoms with Gasteiger partial charge in [-0.1, -0.05) is 13.8 Å². The van der Waals surface area contributed by atoms with Gasteiger partial charge in [0.15, 0.2) is 0 Å². The lowest BCUT2D eigenvalue weighted by Crippen LogP contribution is -2.23. The van der Waals surface area contributed by atoms with Crippen molar-refractivity contribution in [3.8, 4) is 0 Å². The van der Waals surface area contributed by atoms with Crippen LogP contribution in [0.1, 0.15) is 26.7 Å². The average molecular weight is 215 g/mol. The Bertz CT molecular complexity index is 290. The number of imide groups is 1. The van der Waals surface area contributed by atoms with Crippen molar-refractivity contribution in [2.45, 2.75) is 26.7 Å². The van der Waals surface area contributed by atoms with E-state index in [2.05, 4.69) is 5.32 Å². The first-order chi connectivity index (χ1) is 6.93. The van der Waals surface area contributed by atoms with Crippen molar-refractivity contribution >= 4 is 18.0 Å². The van der Waals surface area contributed by atoms with Crippen LogP contribution in [0.4, 0.5) is 4.79 Å². The van der Waals surface area contributed by atoms with Crippen molar-refractivity contribution < 1.29 is 24.6 Å². The summed E-state index contributed by atoms with van der Waals surface area (Å²) in [6.07, 6.45) is -0.554. The first kappa shape index (κ1) is 13.2. The van der Waals surface area contributed by atoms with E-state index >= 15 is 0 Å². The van der Waals surface area contributed by atoms with Crippen molar-refractivity contribution in [1.82, 2.24) is 5.32 Å². The number of hydrogen-bond donors (Lipinski definition) is 3. The topological polar surface area (TPSA) is 104 Å². The van der Waals surface area contributed by atoms with Gasteiger partial charge in [0.25, 0.3) is 11.8 Å². The molecule has 2 amide bonds. The molecular formula is C9H13NO5. The van der Waals surface area contributed by atoms with Crippen molar-refractivity contribution in [1.29, 1.82) is 0 Å². The highest BCUT2D eigenvalue weighted by molar-refractivity contribution is 6.19. The summed E-state index contributed by atoms with van der Waals surface area (Å²) in [7, 11) is 0. The molecule has 0 saturated heterocycles. The van der Waals surface area contributed by atoms with E-state index in [9.17, 15) is 9.59 Å². The molecule has 1 aliphatic heterocycles. The Morgan fingerprint density at radius 2 is 1.33 bits per heavy atom. The molecule has 15 heavy (non-hydrogen) atoms. The largest absolute Gasteiger partial charge is 0.503 e. The van der Waals surface area contributed by atoms with Gasteiger partial charge in [0.2, 0.25) is 0 Å². The van der Waals surface area contributed by atoms with E-state index < -0.39 is 6.16 Å². The van der Waals surface area contributed by atoms with E-state index in [0.717, 1.165) is 0 Å². The molecule has 0 aliphatic carbocycles. The van der Waals surface area contributed by atoms with Gasteiger partial charge in [0.1, 0.15) is 0 Å². The molecule has 0 saturated carbocycles. The molecule has 0 fully saturated rings. The SMILES string of the molecule is CCC1=C(CC)C(=O)NC1=O.O=C(O)O. The quantitative estimate of drug-likeness (QED) is 0.595. The molecular weight excluding hydrogens is 202 g/mol. The average Bonchev–Trinajstić information content (AvgIpc) is 2.38. The maximum atomic E-state index is 11.0. The zero-order valence-electron chi connectivity index (χ0n) is 8.53. The predicted molar refractivity (Wildman–Crippen MR) is 51.4 cm³/mol. The van der Waals surface area contributed by atoms with E-state index in [4.69, 9.17) is 15.0 Å². The zero-order chi connectivity index (χ0) is 12.0. The minimum atomic E-state index is -1.83. The van der Waals surface area contributed by atoms with E-state index in [1.54, 1.807) is 0 Å². The second-order valence-corrected chi connectivity index (χ2v) is 2.73. The fraction of sp³-hybridized carbons (Fsp3) is 0.444. The molecule has 0 spiro atoms. The lowest BCUT2D eigenvalue weighted by atomic mass is 10.1. The van der Waals surface area contributed by atoms with Crippen molar-refractivity contribution in [2.75, 3.05) is 0 Å². The van der Waals surface area contributed by atoms with Crippen LogP contribution in [-0.4, -0.2) is 28.2 Å². The van der Waals surface area contributed by atoms with Crippen LogP contribution in [0.3, 0.4) is 0 Å². The number of hydrogen-bond acceptors (Lipinski definition) is 3. The number of rotatable bonds is 2. The minimum Gasteiger partial charge on any atom is -0.450 e. The molecule has 6 heteroatoms. The van der Waals surface area contributed by atoms with Crippen molar-refractivity contribution in [3.05, 3.63) is 11.1 Å². The number of nitrogens with one attached hydrogen (secondary N) is 1. The Labute approximate surface area is 86.6 Å². The Balaban J connectivity index is 0.000000423. The lowest BCUT2D eigenvalue weighted by Gasteiger charge is -1.93. The van der Waals surface area contributed by atoms with Crippen molar-refractivity contribution in [3.63, 3.8) is 0 Å². The highest BCUT2D eigenvalue weighted by atomic mass is 16.6. The minimum absolute atomic E-state index is 0.214. The maximum Gasteiger partial charge on any atom is 0.503 e. The highest BCUT2D eigenvalue weighted by Crippen LogP contribution is 2.17. The maximum absolute atomic E-state index is 11.0. The molecule has 6 nitrogen and oxygen atoms in total. The van der Waals surface area contributed by atoms with Gasteiger partial charge in [-0.05, 0) is 12.8 Å². The molecule has 0 radical (unpaired) electrons. The Morgan fingerprint density at radius 1 is 1.07 bits per heavy atom. The first-order valence-electron chi connectivity index (χ1n) is 4.43. The summed E-state index contributed by atoms with van der Waals surface area (Å²) in [5.74, 6) is -0.427. The van der Waals surface area contributed by atoms with Crippen molar-refractivity contribution in [2.24, 2.45) is 0 Å². The first-order valence-corrected chi connectivity index (χ1v) is 4.43. The second-order valence-electron chi connectivity index (χ2n) is 2.73. The van der Waals surface area contributed by atoms with Crippen LogP contribution in [0.25, 0.3) is 0 Å². The van der Waals surface area contributed by atoms with E-state index in [1.165, 1.54) is 0 Å². The van der Waals surface area contributed by atoms with Gasteiger partial charge in [-0.2, -0.15) is 0 Å². The molecule has 3 N–H and O–H groups in total. The van der Waals surface area contributed by atoms with Crippen LogP contribution in [0.15, 0.2) is 11.1 Å². The molecule has 0 bridgehead atoms. The Kier molecular flexibility index (Phi) is 5.08. The van der Waals surface area contributed by atoms with Gasteiger partial charge in [-0.15, -0.1) is 0 Å². The van der Waals surface area contributed by atoms with Gasteiger partial charge < -0.3 is 10.2 Å². The normalized spacial score (nSPS) is 14.5. The van der Waals surface area contributed by atoms with E-state index in [1.807, 2.05) is 13.8 Å². The summed E-state index contributed by atoms with van der Waals surface area (Å²) >= 11 is 0. The molecule has 0 unspecified atom stereocenters. The van der Waals surface area contributed by atoms with Crippen LogP contribution in [0, 0.1) is 0 Å². The summed E-state index contributed by atoms with van der Waals surface area (Å²) in [6.45, 7) is 3.76. The molecule has 0 aromatic rings. The second kappa shape index (κ2) is 5.79. The highest BCUT2D eigenvalue weighted by Gasteiger charge is 2.26. The van der Waals surface area contributed by atoms with Gasteiger partial charge in [-0.3, -0.25) is 14.9 Å². The fourth-order valence-corrected chi connectivity index (χ4v) is 1.28. The molecule has 0 aromatic carbocycles. The number of carbonyl (C=O) groups is 3. The summed E-state index contributed by atoms with van der Waals surface area (Å²) in [4.78, 5) is 30.5. The fourth-order valence-electron chi connectivity index (χ4n) is 1.28. The van der Waals surface area contributed by atoms with Crippen LogP contribution in [0.2, 0.25) is 0 Å². The summed E-state index contributed by atoms with van der Waals surface area (Å²) in [5.41, 5.74) is 1.30. The van der Waals surface area contributed by atoms with Crippen LogP contribution in [-0.2, 0) is 9.59 Å². The predicted octanol–water partition coefficient (Wildman–Crippen LogP) is 0.982. The number of carbonyl (C=O) groups excluding carboxylic acids is 2. The molecule has 1 heterocycles. The molecule has 1 aliphatic rings. The monoisotopic (exact) mass is 215 g/mol. The van der Waals surface area contributed by atoms with E-state index in [0.29, 0.717) is 24.0 Å². The van der Waals surface area contributed by atoms with E-state index in [-0.39, 0.29) is 11.8 Å². The molecule has 0 aromatic heterocycles. The number of amides is 2. The smallest absolute Gasteiger partial charge is 0.450 e. The van der Waals surface area contributed by atoms with Crippen LogP contribution in [0.5, 0.6) is 0 Å². The number of carboxylic acid groups (broad SMARTS) is 2. The van der Waals surface area contributed by atoms with Gasteiger partial charge in [0.05, 0.1) is 0 Å². The Morgan fingerprint density at radius 3 is 1.53 bits per heavy atom. The van der Waals surface area contributed by atoms with Crippen LogP contribution < -0.4 is 5.32 Å². The summed E-state index contributed by atoms with van der Waals surface area (Å²) in [6, 6.07) is 0. The molecule has 0 atom stereocenters. The summed E-state index contributed by atoms with van der Waals surface area (Å²) in [5, 5.41) is 16.2. The Hall–Kier alpha value is -1.85. The zero-order valence-corrected chi connectivity index (χ0v) is 8.53. The third-order valence-electron chi connectivity index (χ3n) is 1.85. The third-order valence-corrected chi connectivity index (χ3v) is 1.85. The van der Waals surface area contributed by atoms with Gasteiger partial charge in [-0.25, -0.2) is 4.79 Å². The third kappa shape index (κ3) is 3.80.